The average molecular weight is 480 g/mol. The van der Waals surface area contributed by atoms with Gasteiger partial charge < -0.3 is 10.1 Å². The van der Waals surface area contributed by atoms with Crippen LogP contribution in [-0.2, 0) is 4.79 Å². The molecule has 1 N–H and O–H groups in total. The Hall–Kier alpha value is -4.08. The van der Waals surface area contributed by atoms with Gasteiger partial charge in [-0.15, -0.1) is 0 Å². The van der Waals surface area contributed by atoms with Crippen LogP contribution in [0.5, 0.6) is 5.75 Å². The molecular formula is C29H25N3O2S. The summed E-state index contributed by atoms with van der Waals surface area (Å²) in [6, 6.07) is 29.3. The molecule has 5 nitrogen and oxygen atoms in total. The Morgan fingerprint density at radius 3 is 2.34 bits per heavy atom. The van der Waals surface area contributed by atoms with Gasteiger partial charge >= 0.3 is 0 Å². The van der Waals surface area contributed by atoms with Crippen molar-refractivity contribution in [2.45, 2.75) is 24.1 Å². The maximum absolute atomic E-state index is 13.0. The number of aromatic nitrogens is 1. The fraction of sp³-hybridized carbons (Fsp3) is 0.138. The number of rotatable bonds is 7. The van der Waals surface area contributed by atoms with E-state index < -0.39 is 5.25 Å². The number of thioether (sulfide) groups is 1. The van der Waals surface area contributed by atoms with E-state index in [1.165, 1.54) is 11.8 Å². The number of carbonyl (C=O) groups is 1. The maximum Gasteiger partial charge on any atom is 0.237 e. The molecular weight excluding hydrogens is 454 g/mol. The van der Waals surface area contributed by atoms with Crippen LogP contribution >= 0.6 is 11.8 Å². The van der Waals surface area contributed by atoms with Gasteiger partial charge in [0.25, 0.3) is 0 Å². The Bertz CT molecular complexity index is 1380. The lowest BCUT2D eigenvalue weighted by Crippen LogP contribution is -2.23. The highest BCUT2D eigenvalue weighted by atomic mass is 32.2. The summed E-state index contributed by atoms with van der Waals surface area (Å²) >= 11 is 1.28. The molecule has 3 aromatic carbocycles. The fourth-order valence-corrected chi connectivity index (χ4v) is 4.56. The molecule has 1 heterocycles. The van der Waals surface area contributed by atoms with Crippen molar-refractivity contribution in [3.05, 3.63) is 96.1 Å². The van der Waals surface area contributed by atoms with Gasteiger partial charge in [0.15, 0.2) is 0 Å². The van der Waals surface area contributed by atoms with Crippen LogP contribution in [0.1, 0.15) is 18.1 Å². The van der Waals surface area contributed by atoms with Crippen LogP contribution in [0.25, 0.3) is 22.4 Å². The molecule has 1 aromatic heterocycles. The van der Waals surface area contributed by atoms with Crippen LogP contribution in [0.4, 0.5) is 5.69 Å². The molecule has 0 radical (unpaired) electrons. The van der Waals surface area contributed by atoms with Crippen molar-refractivity contribution in [1.29, 1.82) is 5.26 Å². The number of ether oxygens (including phenoxy) is 1. The third-order valence-corrected chi connectivity index (χ3v) is 6.72. The number of pyridine rings is 1. The van der Waals surface area contributed by atoms with Gasteiger partial charge in [-0.2, -0.15) is 5.26 Å². The lowest BCUT2D eigenvalue weighted by Gasteiger charge is -2.16. The summed E-state index contributed by atoms with van der Waals surface area (Å²) in [5, 5.41) is 13.1. The van der Waals surface area contributed by atoms with E-state index in [2.05, 4.69) is 11.4 Å². The van der Waals surface area contributed by atoms with E-state index in [-0.39, 0.29) is 5.91 Å². The van der Waals surface area contributed by atoms with Crippen molar-refractivity contribution < 1.29 is 9.53 Å². The number of hydrogen-bond donors (Lipinski definition) is 1. The quantitative estimate of drug-likeness (QED) is 0.298. The topological polar surface area (TPSA) is 75.0 Å². The molecule has 1 amide bonds. The normalized spacial score (nSPS) is 11.4. The van der Waals surface area contributed by atoms with E-state index >= 15 is 0 Å². The van der Waals surface area contributed by atoms with Crippen molar-refractivity contribution >= 4 is 23.4 Å². The molecule has 0 fully saturated rings. The molecule has 6 heteroatoms. The molecule has 0 saturated heterocycles. The number of anilines is 1. The summed E-state index contributed by atoms with van der Waals surface area (Å²) in [5.41, 5.74) is 5.53. The summed E-state index contributed by atoms with van der Waals surface area (Å²) < 4.78 is 5.28. The summed E-state index contributed by atoms with van der Waals surface area (Å²) in [4.78, 5) is 17.8. The molecule has 4 aromatic rings. The fourth-order valence-electron chi connectivity index (χ4n) is 3.64. The number of benzene rings is 3. The summed E-state index contributed by atoms with van der Waals surface area (Å²) in [7, 11) is 1.63. The van der Waals surface area contributed by atoms with Crippen molar-refractivity contribution in [2.24, 2.45) is 0 Å². The Morgan fingerprint density at radius 1 is 1.00 bits per heavy atom. The molecule has 0 bridgehead atoms. The second-order valence-electron chi connectivity index (χ2n) is 8.01. The van der Waals surface area contributed by atoms with Crippen LogP contribution in [0, 0.1) is 18.3 Å². The number of para-hydroxylation sites is 1. The number of nitrogens with one attached hydrogen (secondary N) is 1. The van der Waals surface area contributed by atoms with Gasteiger partial charge in [-0.3, -0.25) is 4.79 Å². The molecule has 1 atom stereocenters. The zero-order valence-electron chi connectivity index (χ0n) is 19.8. The first-order valence-electron chi connectivity index (χ1n) is 11.2. The largest absolute Gasteiger partial charge is 0.497 e. The molecule has 174 valence electrons. The third kappa shape index (κ3) is 5.53. The third-order valence-electron chi connectivity index (χ3n) is 5.63. The highest BCUT2D eigenvalue weighted by Gasteiger charge is 2.22. The Balaban J connectivity index is 1.73. The van der Waals surface area contributed by atoms with Crippen molar-refractivity contribution in [3.8, 4) is 34.2 Å². The predicted molar refractivity (Wildman–Crippen MR) is 142 cm³/mol. The summed E-state index contributed by atoms with van der Waals surface area (Å²) in [6.07, 6.45) is 0. The SMILES string of the molecule is COc1ccc(-c2cc(-c3ccccc3)c(C#N)c(S[C@H](C)C(=O)Nc3ccccc3C)n2)cc1. The van der Waals surface area contributed by atoms with E-state index in [9.17, 15) is 10.1 Å². The maximum atomic E-state index is 13.0. The lowest BCUT2D eigenvalue weighted by atomic mass is 9.99. The van der Waals surface area contributed by atoms with Crippen LogP contribution < -0.4 is 10.1 Å². The second kappa shape index (κ2) is 10.9. The van der Waals surface area contributed by atoms with E-state index in [0.29, 0.717) is 10.6 Å². The Morgan fingerprint density at radius 2 is 1.69 bits per heavy atom. The van der Waals surface area contributed by atoms with Gasteiger partial charge in [-0.1, -0.05) is 60.3 Å². The van der Waals surface area contributed by atoms with E-state index in [1.807, 2.05) is 98.8 Å². The van der Waals surface area contributed by atoms with Crippen LogP contribution in [0.2, 0.25) is 0 Å². The summed E-state index contributed by atoms with van der Waals surface area (Å²) in [6.45, 7) is 3.77. The zero-order chi connectivity index (χ0) is 24.8. The number of aryl methyl sites for hydroxylation is 1. The van der Waals surface area contributed by atoms with E-state index in [1.54, 1.807) is 7.11 Å². The van der Waals surface area contributed by atoms with E-state index in [0.717, 1.165) is 39.4 Å². The predicted octanol–water partition coefficient (Wildman–Crippen LogP) is 6.72. The number of methoxy groups -OCH3 is 1. The molecule has 0 aliphatic carbocycles. The van der Waals surface area contributed by atoms with Crippen molar-refractivity contribution in [1.82, 2.24) is 4.98 Å². The van der Waals surface area contributed by atoms with Crippen LogP contribution in [0.15, 0.2) is 90.0 Å². The number of nitriles is 1. The molecule has 0 aliphatic rings. The second-order valence-corrected chi connectivity index (χ2v) is 9.34. The Kier molecular flexibility index (Phi) is 7.49. The number of amides is 1. The van der Waals surface area contributed by atoms with Gasteiger partial charge in [0, 0.05) is 16.8 Å². The first-order chi connectivity index (χ1) is 17.0. The van der Waals surface area contributed by atoms with Crippen molar-refractivity contribution in [3.63, 3.8) is 0 Å². The Labute approximate surface area is 209 Å². The minimum Gasteiger partial charge on any atom is -0.497 e. The lowest BCUT2D eigenvalue weighted by molar-refractivity contribution is -0.115. The smallest absolute Gasteiger partial charge is 0.237 e. The zero-order valence-corrected chi connectivity index (χ0v) is 20.6. The molecule has 35 heavy (non-hydrogen) atoms. The number of hydrogen-bond acceptors (Lipinski definition) is 5. The number of carbonyl (C=O) groups excluding carboxylic acids is 1. The monoisotopic (exact) mass is 479 g/mol. The van der Waals surface area contributed by atoms with Crippen LogP contribution in [-0.4, -0.2) is 23.3 Å². The first-order valence-corrected chi connectivity index (χ1v) is 12.1. The molecule has 0 spiro atoms. The molecule has 0 aliphatic heterocycles. The van der Waals surface area contributed by atoms with Gasteiger partial charge in [-0.25, -0.2) is 4.98 Å². The minimum absolute atomic E-state index is 0.147. The number of nitrogens with zero attached hydrogens (tertiary/aromatic N) is 2. The highest BCUT2D eigenvalue weighted by molar-refractivity contribution is 8.00. The van der Waals surface area contributed by atoms with Gasteiger partial charge in [-0.05, 0) is 61.4 Å². The first kappa shape index (κ1) is 24.1. The molecule has 0 saturated carbocycles. The molecule has 4 rings (SSSR count). The highest BCUT2D eigenvalue weighted by Crippen LogP contribution is 2.36. The average Bonchev–Trinajstić information content (AvgIpc) is 2.90. The van der Waals surface area contributed by atoms with Crippen LogP contribution in [0.3, 0.4) is 0 Å². The summed E-state index contributed by atoms with van der Waals surface area (Å²) in [5.74, 6) is 0.605. The van der Waals surface area contributed by atoms with Gasteiger partial charge in [0.1, 0.15) is 16.8 Å². The van der Waals surface area contributed by atoms with E-state index in [4.69, 9.17) is 9.72 Å². The standard InChI is InChI=1S/C29H25N3O2S/c1-19-9-7-8-12-26(19)31-28(33)20(2)35-29-25(18-30)24(21-10-5-4-6-11-21)17-27(32-29)22-13-15-23(34-3)16-14-22/h4-17,20H,1-3H3,(H,31,33)/t20-/m1/s1. The van der Waals surface area contributed by atoms with Crippen molar-refractivity contribution in [2.75, 3.05) is 12.4 Å². The minimum atomic E-state index is -0.469. The van der Waals surface area contributed by atoms with Gasteiger partial charge in [0.05, 0.1) is 23.6 Å². The van der Waals surface area contributed by atoms with Gasteiger partial charge in [0.2, 0.25) is 5.91 Å². The molecule has 0 unspecified atom stereocenters.